The van der Waals surface area contributed by atoms with Crippen molar-refractivity contribution in [2.45, 2.75) is 30.0 Å². The zero-order valence-corrected chi connectivity index (χ0v) is 15.9. The summed E-state index contributed by atoms with van der Waals surface area (Å²) in [6.45, 7) is 5.59. The van der Waals surface area contributed by atoms with Crippen LogP contribution in [0.15, 0.2) is 34.2 Å². The Morgan fingerprint density at radius 1 is 1.30 bits per heavy atom. The lowest BCUT2D eigenvalue weighted by molar-refractivity contribution is 0.588. The molecule has 0 unspecified atom stereocenters. The Kier molecular flexibility index (Phi) is 7.37. The summed E-state index contributed by atoms with van der Waals surface area (Å²) in [4.78, 5) is 4.44. The molecule has 6 nitrogen and oxygen atoms in total. The van der Waals surface area contributed by atoms with Crippen LogP contribution in [0, 0.1) is 0 Å². The minimum absolute atomic E-state index is 0.110. The zero-order chi connectivity index (χ0) is 17.5. The molecule has 1 rings (SSSR count). The first-order valence-corrected chi connectivity index (χ1v) is 9.97. The van der Waals surface area contributed by atoms with Crippen molar-refractivity contribution < 1.29 is 8.42 Å². The van der Waals surface area contributed by atoms with Gasteiger partial charge >= 0.3 is 0 Å². The van der Waals surface area contributed by atoms with E-state index in [4.69, 9.17) is 0 Å². The molecule has 0 aromatic heterocycles. The first-order valence-electron chi connectivity index (χ1n) is 7.26. The van der Waals surface area contributed by atoms with Gasteiger partial charge in [0.2, 0.25) is 10.0 Å². The highest BCUT2D eigenvalue weighted by molar-refractivity contribution is 7.99. The molecule has 3 N–H and O–H groups in total. The third-order valence-electron chi connectivity index (χ3n) is 3.40. The molecule has 0 aliphatic carbocycles. The maximum absolute atomic E-state index is 11.8. The number of hydrogen-bond acceptors (Lipinski definition) is 4. The summed E-state index contributed by atoms with van der Waals surface area (Å²) in [5.41, 5.74) is 0.869. The van der Waals surface area contributed by atoms with E-state index in [2.05, 4.69) is 40.5 Å². The van der Waals surface area contributed by atoms with Gasteiger partial charge in [-0.1, -0.05) is 12.1 Å². The number of benzene rings is 1. The third-order valence-corrected chi connectivity index (χ3v) is 6.06. The lowest BCUT2D eigenvalue weighted by atomic mass is 10.2. The minimum atomic E-state index is -3.42. The van der Waals surface area contributed by atoms with Gasteiger partial charge in [-0.2, -0.15) is 11.8 Å². The van der Waals surface area contributed by atoms with Gasteiger partial charge in [0.15, 0.2) is 5.96 Å². The van der Waals surface area contributed by atoms with E-state index in [9.17, 15) is 8.42 Å². The highest BCUT2D eigenvalue weighted by Crippen LogP contribution is 2.19. The van der Waals surface area contributed by atoms with Crippen LogP contribution in [0.1, 0.15) is 19.4 Å². The number of guanidine groups is 1. The Labute approximate surface area is 143 Å². The first kappa shape index (κ1) is 19.8. The van der Waals surface area contributed by atoms with Gasteiger partial charge < -0.3 is 10.6 Å². The highest BCUT2D eigenvalue weighted by Gasteiger charge is 2.16. The standard InChI is InChI=1S/C15H26N4O2S2/c1-15(2,22-5)11-19-14(16-3)18-10-12-7-6-8-13(9-12)23(20,21)17-4/h6-9,17H,10-11H2,1-5H3,(H2,16,18,19). The van der Waals surface area contributed by atoms with E-state index < -0.39 is 10.0 Å². The van der Waals surface area contributed by atoms with Crippen LogP contribution in [0.3, 0.4) is 0 Å². The first-order chi connectivity index (χ1) is 10.7. The monoisotopic (exact) mass is 358 g/mol. The van der Waals surface area contributed by atoms with Gasteiger partial charge in [-0.25, -0.2) is 13.1 Å². The Morgan fingerprint density at radius 3 is 2.57 bits per heavy atom. The van der Waals surface area contributed by atoms with Crippen LogP contribution in [-0.4, -0.2) is 46.0 Å². The summed E-state index contributed by atoms with van der Waals surface area (Å²) < 4.78 is 26.1. The predicted octanol–water partition coefficient (Wildman–Crippen LogP) is 1.40. The average Bonchev–Trinajstić information content (AvgIpc) is 2.55. The number of thioether (sulfide) groups is 1. The molecule has 0 spiro atoms. The van der Waals surface area contributed by atoms with Crippen molar-refractivity contribution in [3.8, 4) is 0 Å². The molecule has 0 heterocycles. The molecule has 1 aromatic carbocycles. The van der Waals surface area contributed by atoms with Crippen molar-refractivity contribution in [2.75, 3.05) is 26.9 Å². The van der Waals surface area contributed by atoms with E-state index in [1.165, 1.54) is 7.05 Å². The number of aliphatic imine (C=N–C) groups is 1. The van der Waals surface area contributed by atoms with Gasteiger partial charge in [0, 0.05) is 24.9 Å². The van der Waals surface area contributed by atoms with E-state index in [-0.39, 0.29) is 9.64 Å². The summed E-state index contributed by atoms with van der Waals surface area (Å²) in [5.74, 6) is 0.689. The molecule has 0 aliphatic rings. The predicted molar refractivity (Wildman–Crippen MR) is 98.5 cm³/mol. The summed E-state index contributed by atoms with van der Waals surface area (Å²) in [6.07, 6.45) is 2.07. The molecular formula is C15H26N4O2S2. The molecule has 0 saturated carbocycles. The molecule has 0 radical (unpaired) electrons. The van der Waals surface area contributed by atoms with E-state index in [0.29, 0.717) is 12.5 Å². The normalized spacial score (nSPS) is 13.0. The topological polar surface area (TPSA) is 82.6 Å². The second-order valence-corrected chi connectivity index (χ2v) is 9.00. The van der Waals surface area contributed by atoms with E-state index in [0.717, 1.165) is 12.1 Å². The van der Waals surface area contributed by atoms with Crippen molar-refractivity contribution >= 4 is 27.7 Å². The van der Waals surface area contributed by atoms with Crippen molar-refractivity contribution in [3.05, 3.63) is 29.8 Å². The van der Waals surface area contributed by atoms with Crippen LogP contribution in [-0.2, 0) is 16.6 Å². The molecule has 8 heteroatoms. The molecule has 0 saturated heterocycles. The molecule has 0 amide bonds. The van der Waals surface area contributed by atoms with Crippen LogP contribution < -0.4 is 15.4 Å². The number of rotatable bonds is 7. The number of nitrogens with zero attached hydrogens (tertiary/aromatic N) is 1. The van der Waals surface area contributed by atoms with Crippen molar-refractivity contribution in [1.82, 2.24) is 15.4 Å². The lowest BCUT2D eigenvalue weighted by Gasteiger charge is -2.23. The summed E-state index contributed by atoms with van der Waals surface area (Å²) in [5, 5.41) is 6.47. The fourth-order valence-corrected chi connectivity index (χ4v) is 2.73. The Balaban J connectivity index is 2.68. The van der Waals surface area contributed by atoms with Gasteiger partial charge in [0.25, 0.3) is 0 Å². The molecule has 1 aromatic rings. The second kappa shape index (κ2) is 8.56. The minimum Gasteiger partial charge on any atom is -0.355 e. The summed E-state index contributed by atoms with van der Waals surface area (Å²) in [7, 11) is -0.310. The number of hydrogen-bond donors (Lipinski definition) is 3. The van der Waals surface area contributed by atoms with Crippen molar-refractivity contribution in [3.63, 3.8) is 0 Å². The third kappa shape index (κ3) is 6.40. The van der Waals surface area contributed by atoms with Gasteiger partial charge in [-0.15, -0.1) is 0 Å². The molecule has 23 heavy (non-hydrogen) atoms. The second-order valence-electron chi connectivity index (χ2n) is 5.60. The van der Waals surface area contributed by atoms with Gasteiger partial charge in [-0.3, -0.25) is 4.99 Å². The van der Waals surface area contributed by atoms with Gasteiger partial charge in [-0.05, 0) is 44.8 Å². The Morgan fingerprint density at radius 2 is 2.00 bits per heavy atom. The van der Waals surface area contributed by atoms with Crippen molar-refractivity contribution in [2.24, 2.45) is 4.99 Å². The summed E-state index contributed by atoms with van der Waals surface area (Å²) >= 11 is 1.78. The number of sulfonamides is 1. The molecule has 130 valence electrons. The molecule has 0 atom stereocenters. The zero-order valence-electron chi connectivity index (χ0n) is 14.3. The van der Waals surface area contributed by atoms with Crippen molar-refractivity contribution in [1.29, 1.82) is 0 Å². The molecule has 0 aliphatic heterocycles. The van der Waals surface area contributed by atoms with Crippen LogP contribution >= 0.6 is 11.8 Å². The van der Waals surface area contributed by atoms with Crippen LogP contribution in [0.5, 0.6) is 0 Å². The molecule has 0 fully saturated rings. The summed E-state index contributed by atoms with van der Waals surface area (Å²) in [6, 6.07) is 6.83. The van der Waals surface area contributed by atoms with Gasteiger partial charge in [0.1, 0.15) is 0 Å². The molecular weight excluding hydrogens is 332 g/mol. The Hall–Kier alpha value is -1.25. The van der Waals surface area contributed by atoms with Crippen LogP contribution in [0.2, 0.25) is 0 Å². The van der Waals surface area contributed by atoms with Gasteiger partial charge in [0.05, 0.1) is 4.90 Å². The van der Waals surface area contributed by atoms with Crippen LogP contribution in [0.25, 0.3) is 0 Å². The number of nitrogens with one attached hydrogen (secondary N) is 3. The fourth-order valence-electron chi connectivity index (χ4n) is 1.72. The van der Waals surface area contributed by atoms with E-state index in [1.54, 1.807) is 37.0 Å². The highest BCUT2D eigenvalue weighted by atomic mass is 32.2. The SMILES string of the molecule is CN=C(NCc1cccc(S(=O)(=O)NC)c1)NCC(C)(C)SC. The average molecular weight is 359 g/mol. The quantitative estimate of drug-likeness (QED) is 0.507. The Bertz CT molecular complexity index is 643. The van der Waals surface area contributed by atoms with E-state index >= 15 is 0 Å². The molecule has 0 bridgehead atoms. The van der Waals surface area contributed by atoms with E-state index in [1.807, 2.05) is 6.07 Å². The maximum Gasteiger partial charge on any atom is 0.240 e. The maximum atomic E-state index is 11.8. The van der Waals surface area contributed by atoms with Crippen LogP contribution in [0.4, 0.5) is 0 Å². The largest absolute Gasteiger partial charge is 0.355 e. The fraction of sp³-hybridized carbons (Fsp3) is 0.533. The lowest BCUT2D eigenvalue weighted by Crippen LogP contribution is -2.43. The smallest absolute Gasteiger partial charge is 0.240 e.